The fourth-order valence-corrected chi connectivity index (χ4v) is 1.90. The molecule has 10 heteroatoms. The van der Waals surface area contributed by atoms with E-state index in [9.17, 15) is 39.5 Å². The molecule has 0 aromatic heterocycles. The van der Waals surface area contributed by atoms with Crippen LogP contribution in [0.25, 0.3) is 0 Å². The van der Waals surface area contributed by atoms with Gasteiger partial charge in [-0.05, 0) is 37.0 Å². The predicted molar refractivity (Wildman–Crippen MR) is 66.6 cm³/mol. The van der Waals surface area contributed by atoms with Crippen LogP contribution in [0.15, 0.2) is 24.3 Å². The molecule has 0 saturated heterocycles. The maximum absolute atomic E-state index is 13.2. The van der Waals surface area contributed by atoms with Crippen molar-refractivity contribution in [1.82, 2.24) is 0 Å². The van der Waals surface area contributed by atoms with Crippen LogP contribution >= 0.6 is 0 Å². The van der Waals surface area contributed by atoms with Crippen molar-refractivity contribution in [3.63, 3.8) is 0 Å². The lowest BCUT2D eigenvalue weighted by Gasteiger charge is -2.33. The number of unbranched alkanes of at least 4 members (excludes halogenated alkanes) is 1. The van der Waals surface area contributed by atoms with E-state index in [0.29, 0.717) is 5.56 Å². The summed E-state index contributed by atoms with van der Waals surface area (Å²) in [7, 11) is 0. The number of alkyl halides is 9. The van der Waals surface area contributed by atoms with Crippen molar-refractivity contribution < 1.29 is 44.6 Å². The van der Waals surface area contributed by atoms with E-state index in [4.69, 9.17) is 5.11 Å². The summed E-state index contributed by atoms with van der Waals surface area (Å²) >= 11 is 0. The highest BCUT2D eigenvalue weighted by Gasteiger charge is 2.81. The van der Waals surface area contributed by atoms with Crippen molar-refractivity contribution in [1.29, 1.82) is 0 Å². The fourth-order valence-electron chi connectivity index (χ4n) is 1.90. The van der Waals surface area contributed by atoms with E-state index in [1.54, 1.807) is 0 Å². The molecule has 0 fully saturated rings. The largest absolute Gasteiger partial charge is 0.508 e. The second-order valence-electron chi connectivity index (χ2n) is 5.22. The van der Waals surface area contributed by atoms with E-state index in [0.717, 1.165) is 0 Å². The Hall–Kier alpha value is -1.61. The number of phenolic OH excluding ortho intramolecular Hbond substituents is 1. The van der Waals surface area contributed by atoms with Crippen LogP contribution in [0.5, 0.6) is 5.75 Å². The van der Waals surface area contributed by atoms with Gasteiger partial charge < -0.3 is 5.11 Å². The van der Waals surface area contributed by atoms with Crippen molar-refractivity contribution in [3.05, 3.63) is 29.8 Å². The zero-order valence-electron chi connectivity index (χ0n) is 12.0. The van der Waals surface area contributed by atoms with Crippen molar-refractivity contribution in [3.8, 4) is 5.75 Å². The number of halogens is 9. The fraction of sp³-hybridized carbons (Fsp3) is 0.571. The standard InChI is InChI=1S/C14H13F9O/c15-11(16,12(17,18)13(19,20)14(21,22)23)8-2-1-3-9-4-6-10(24)7-5-9/h4-7,24H,1-3,8H2. The zero-order valence-corrected chi connectivity index (χ0v) is 12.0. The monoisotopic (exact) mass is 368 g/mol. The molecule has 0 unspecified atom stereocenters. The third kappa shape index (κ3) is 4.07. The third-order valence-electron chi connectivity index (χ3n) is 3.35. The molecule has 1 rings (SSSR count). The Labute approximate surface area is 131 Å². The highest BCUT2D eigenvalue weighted by Crippen LogP contribution is 2.54. The summed E-state index contributed by atoms with van der Waals surface area (Å²) in [4.78, 5) is 0. The van der Waals surface area contributed by atoms with Gasteiger partial charge in [0.1, 0.15) is 5.75 Å². The summed E-state index contributed by atoms with van der Waals surface area (Å²) in [6, 6.07) is 5.45. The Balaban J connectivity index is 2.66. The minimum atomic E-state index is -6.83. The molecule has 1 nitrogen and oxygen atoms in total. The molecule has 24 heavy (non-hydrogen) atoms. The third-order valence-corrected chi connectivity index (χ3v) is 3.35. The van der Waals surface area contributed by atoms with E-state index in [1.807, 2.05) is 0 Å². The smallest absolute Gasteiger partial charge is 0.460 e. The molecule has 0 heterocycles. The van der Waals surface area contributed by atoms with Crippen LogP contribution in [0.1, 0.15) is 24.8 Å². The first-order chi connectivity index (χ1) is 10.7. The van der Waals surface area contributed by atoms with Crippen LogP contribution in [0, 0.1) is 0 Å². The summed E-state index contributed by atoms with van der Waals surface area (Å²) in [5, 5.41) is 9.02. The number of rotatable bonds is 7. The molecular weight excluding hydrogens is 355 g/mol. The summed E-state index contributed by atoms with van der Waals surface area (Å²) in [6.07, 6.45) is -9.31. The van der Waals surface area contributed by atoms with Crippen LogP contribution in [0.2, 0.25) is 0 Å². The molecule has 1 N–H and O–H groups in total. The molecule has 1 aromatic rings. The van der Waals surface area contributed by atoms with Gasteiger partial charge in [-0.2, -0.15) is 39.5 Å². The van der Waals surface area contributed by atoms with Crippen molar-refractivity contribution >= 4 is 0 Å². The molecule has 0 aliphatic heterocycles. The number of benzene rings is 1. The second kappa shape index (κ2) is 6.72. The normalized spacial score (nSPS) is 14.0. The quantitative estimate of drug-likeness (QED) is 0.493. The van der Waals surface area contributed by atoms with Gasteiger partial charge in [-0.15, -0.1) is 0 Å². The predicted octanol–water partition coefficient (Wildman–Crippen LogP) is 5.57. The first-order valence-electron chi connectivity index (χ1n) is 6.70. The minimum absolute atomic E-state index is 0.0562. The van der Waals surface area contributed by atoms with Gasteiger partial charge in [-0.1, -0.05) is 12.1 Å². The van der Waals surface area contributed by atoms with E-state index in [-0.39, 0.29) is 18.6 Å². The van der Waals surface area contributed by atoms with Gasteiger partial charge in [-0.3, -0.25) is 0 Å². The number of aryl methyl sites for hydroxylation is 1. The Bertz CT molecular complexity index is 534. The van der Waals surface area contributed by atoms with Gasteiger partial charge in [0, 0.05) is 6.42 Å². The van der Waals surface area contributed by atoms with Crippen LogP contribution < -0.4 is 0 Å². The van der Waals surface area contributed by atoms with Crippen molar-refractivity contribution in [2.45, 2.75) is 49.6 Å². The molecule has 0 radical (unpaired) electrons. The average molecular weight is 368 g/mol. The van der Waals surface area contributed by atoms with Crippen LogP contribution in [0.4, 0.5) is 39.5 Å². The molecule has 0 spiro atoms. The minimum Gasteiger partial charge on any atom is -0.508 e. The maximum atomic E-state index is 13.2. The van der Waals surface area contributed by atoms with Gasteiger partial charge >= 0.3 is 23.9 Å². The molecule has 0 atom stereocenters. The van der Waals surface area contributed by atoms with Crippen molar-refractivity contribution in [2.24, 2.45) is 0 Å². The Morgan fingerprint density at radius 2 is 1.21 bits per heavy atom. The van der Waals surface area contributed by atoms with Gasteiger partial charge in [0.25, 0.3) is 0 Å². The van der Waals surface area contributed by atoms with Gasteiger partial charge in [0.2, 0.25) is 0 Å². The summed E-state index contributed by atoms with van der Waals surface area (Å²) in [6.45, 7) is 0. The number of phenols is 1. The molecule has 0 saturated carbocycles. The van der Waals surface area contributed by atoms with Gasteiger partial charge in [0.05, 0.1) is 0 Å². The van der Waals surface area contributed by atoms with E-state index < -0.39 is 36.8 Å². The molecule has 0 aliphatic rings. The van der Waals surface area contributed by atoms with Gasteiger partial charge in [-0.25, -0.2) is 0 Å². The molecule has 1 aromatic carbocycles. The first kappa shape index (κ1) is 20.4. The lowest BCUT2D eigenvalue weighted by molar-refractivity contribution is -0.396. The van der Waals surface area contributed by atoms with Crippen LogP contribution in [0.3, 0.4) is 0 Å². The Morgan fingerprint density at radius 1 is 0.708 bits per heavy atom. The van der Waals surface area contributed by atoms with Crippen molar-refractivity contribution in [2.75, 3.05) is 0 Å². The molecule has 0 bridgehead atoms. The number of hydrogen-bond donors (Lipinski definition) is 1. The number of hydrogen-bond acceptors (Lipinski definition) is 1. The van der Waals surface area contributed by atoms with E-state index >= 15 is 0 Å². The molecule has 0 aliphatic carbocycles. The lowest BCUT2D eigenvalue weighted by atomic mass is 9.97. The van der Waals surface area contributed by atoms with E-state index in [1.165, 1.54) is 24.3 Å². The Kier molecular flexibility index (Phi) is 5.72. The highest BCUT2D eigenvalue weighted by molar-refractivity contribution is 5.25. The SMILES string of the molecule is Oc1ccc(CCCCC(F)(F)C(F)(F)C(F)(F)C(F)(F)F)cc1. The molecular formula is C14H13F9O. The summed E-state index contributed by atoms with van der Waals surface area (Å²) < 4.78 is 114. The van der Waals surface area contributed by atoms with Crippen LogP contribution in [-0.2, 0) is 6.42 Å². The molecule has 138 valence electrons. The first-order valence-corrected chi connectivity index (χ1v) is 6.70. The molecule has 0 amide bonds. The Morgan fingerprint density at radius 3 is 1.67 bits per heavy atom. The van der Waals surface area contributed by atoms with Crippen LogP contribution in [-0.4, -0.2) is 29.1 Å². The maximum Gasteiger partial charge on any atom is 0.460 e. The van der Waals surface area contributed by atoms with E-state index in [2.05, 4.69) is 0 Å². The lowest BCUT2D eigenvalue weighted by Crippen LogP contribution is -2.60. The topological polar surface area (TPSA) is 20.2 Å². The number of aromatic hydroxyl groups is 1. The summed E-state index contributed by atoms with van der Waals surface area (Å²) in [5.74, 6) is -18.9. The summed E-state index contributed by atoms with van der Waals surface area (Å²) in [5.41, 5.74) is 0.559. The highest BCUT2D eigenvalue weighted by atomic mass is 19.4. The second-order valence-corrected chi connectivity index (χ2v) is 5.22. The zero-order chi connectivity index (χ0) is 18.8. The van der Waals surface area contributed by atoms with Gasteiger partial charge in [0.15, 0.2) is 0 Å². The average Bonchev–Trinajstić information content (AvgIpc) is 2.44.